The van der Waals surface area contributed by atoms with E-state index in [-0.39, 0.29) is 19.1 Å². The number of hydrogen-bond donors (Lipinski definition) is 3. The van der Waals surface area contributed by atoms with Crippen molar-refractivity contribution in [2.75, 3.05) is 97.2 Å². The lowest BCUT2D eigenvalue weighted by Gasteiger charge is -2.36. The number of anilines is 1. The van der Waals surface area contributed by atoms with E-state index in [2.05, 4.69) is 15.1 Å². The summed E-state index contributed by atoms with van der Waals surface area (Å²) in [6.45, 7) is 6.05. The SMILES string of the molecule is O=C(NCCCCN1CCN(c2ccccc2OCCF)CC1)c1ccc(OCCOCCOCCF)cc1.O=C(O)C(=O)O. The van der Waals surface area contributed by atoms with Crippen molar-refractivity contribution in [1.29, 1.82) is 0 Å². The van der Waals surface area contributed by atoms with Gasteiger partial charge in [-0.3, -0.25) is 9.69 Å². The van der Waals surface area contributed by atoms with Gasteiger partial charge in [0.25, 0.3) is 5.91 Å². The number of aliphatic carboxylic acids is 2. The smallest absolute Gasteiger partial charge is 0.414 e. The van der Waals surface area contributed by atoms with Crippen LogP contribution in [0.5, 0.6) is 11.5 Å². The molecule has 0 spiro atoms. The summed E-state index contributed by atoms with van der Waals surface area (Å²) in [6, 6.07) is 14.8. The molecule has 14 heteroatoms. The molecule has 2 aromatic carbocycles. The molecule has 0 saturated carbocycles. The first kappa shape index (κ1) is 37.2. The lowest BCUT2D eigenvalue weighted by molar-refractivity contribution is -0.159. The Hall–Kier alpha value is -4.01. The Morgan fingerprint density at radius 3 is 2.00 bits per heavy atom. The Labute approximate surface area is 261 Å². The average Bonchev–Trinajstić information content (AvgIpc) is 3.05. The molecule has 250 valence electrons. The van der Waals surface area contributed by atoms with Crippen LogP contribution in [0.15, 0.2) is 48.5 Å². The number of benzene rings is 2. The van der Waals surface area contributed by atoms with E-state index in [1.165, 1.54) is 0 Å². The summed E-state index contributed by atoms with van der Waals surface area (Å²) in [5.74, 6) is -2.34. The van der Waals surface area contributed by atoms with Crippen LogP contribution in [0.4, 0.5) is 14.5 Å². The fraction of sp³-hybridized carbons (Fsp3) is 0.516. The minimum absolute atomic E-state index is 0.0749. The fourth-order valence-electron chi connectivity index (χ4n) is 4.26. The van der Waals surface area contributed by atoms with E-state index in [1.807, 2.05) is 24.3 Å². The van der Waals surface area contributed by atoms with Gasteiger partial charge >= 0.3 is 11.9 Å². The summed E-state index contributed by atoms with van der Waals surface area (Å²) in [5, 5.41) is 17.8. The standard InChI is InChI=1S/C29H41F2N3O5.C2H2O4/c30-11-19-36-21-22-37-23-24-38-26-9-7-25(8-10-26)29(35)32-13-3-4-14-33-15-17-34(18-16-33)27-5-1-2-6-28(27)39-20-12-31;3-1(4)2(5)6/h1-2,5-10H,3-4,11-24H2,(H,32,35);(H,3,4)(H,5,6). The molecule has 45 heavy (non-hydrogen) atoms. The molecule has 0 aliphatic carbocycles. The zero-order valence-electron chi connectivity index (χ0n) is 25.3. The molecule has 0 radical (unpaired) electrons. The van der Waals surface area contributed by atoms with E-state index < -0.39 is 25.3 Å². The topological polar surface area (TPSA) is 147 Å². The van der Waals surface area contributed by atoms with Crippen LogP contribution in [0.25, 0.3) is 0 Å². The number of hydrogen-bond acceptors (Lipinski definition) is 9. The molecule has 0 unspecified atom stereocenters. The van der Waals surface area contributed by atoms with Gasteiger partial charge < -0.3 is 39.4 Å². The first-order valence-corrected chi connectivity index (χ1v) is 14.8. The Kier molecular flexibility index (Phi) is 18.6. The lowest BCUT2D eigenvalue weighted by atomic mass is 10.2. The number of ether oxygens (including phenoxy) is 4. The van der Waals surface area contributed by atoms with Crippen LogP contribution in [-0.4, -0.2) is 125 Å². The highest BCUT2D eigenvalue weighted by Gasteiger charge is 2.19. The third kappa shape index (κ3) is 15.5. The van der Waals surface area contributed by atoms with Crippen LogP contribution in [0.3, 0.4) is 0 Å². The van der Waals surface area contributed by atoms with E-state index in [1.54, 1.807) is 24.3 Å². The summed E-state index contributed by atoms with van der Waals surface area (Å²) in [6.07, 6.45) is 1.92. The maximum absolute atomic E-state index is 12.5. The number of piperazine rings is 1. The first-order chi connectivity index (χ1) is 21.8. The molecule has 0 aromatic heterocycles. The third-order valence-electron chi connectivity index (χ3n) is 6.49. The Morgan fingerprint density at radius 1 is 0.733 bits per heavy atom. The third-order valence-corrected chi connectivity index (χ3v) is 6.49. The van der Waals surface area contributed by atoms with Gasteiger partial charge in [-0.05, 0) is 55.8 Å². The molecular weight excluding hydrogens is 596 g/mol. The number of carbonyl (C=O) groups excluding carboxylic acids is 1. The molecule has 3 rings (SSSR count). The monoisotopic (exact) mass is 639 g/mol. The minimum Gasteiger partial charge on any atom is -0.491 e. The van der Waals surface area contributed by atoms with Gasteiger partial charge in [-0.15, -0.1) is 0 Å². The van der Waals surface area contributed by atoms with Crippen LogP contribution < -0.4 is 19.7 Å². The molecular formula is C31H43F2N3O9. The Morgan fingerprint density at radius 2 is 1.36 bits per heavy atom. The summed E-state index contributed by atoms with van der Waals surface area (Å²) < 4.78 is 45.9. The number of unbranched alkanes of at least 4 members (excludes halogenated alkanes) is 1. The Balaban J connectivity index is 0.00000107. The van der Waals surface area contributed by atoms with E-state index in [0.29, 0.717) is 44.3 Å². The molecule has 1 heterocycles. The van der Waals surface area contributed by atoms with E-state index >= 15 is 0 Å². The summed E-state index contributed by atoms with van der Waals surface area (Å²) in [7, 11) is 0. The number of para-hydroxylation sites is 2. The zero-order chi connectivity index (χ0) is 32.7. The number of carbonyl (C=O) groups is 3. The molecule has 0 bridgehead atoms. The van der Waals surface area contributed by atoms with Crippen molar-refractivity contribution >= 4 is 23.5 Å². The van der Waals surface area contributed by atoms with Crippen LogP contribution in [-0.2, 0) is 19.1 Å². The van der Waals surface area contributed by atoms with Gasteiger partial charge in [0.2, 0.25) is 0 Å². The van der Waals surface area contributed by atoms with E-state index in [9.17, 15) is 13.6 Å². The summed E-state index contributed by atoms with van der Waals surface area (Å²) in [4.78, 5) is 35.4. The molecule has 12 nitrogen and oxygen atoms in total. The minimum atomic E-state index is -1.82. The molecule has 3 N–H and O–H groups in total. The molecule has 1 amide bonds. The van der Waals surface area contributed by atoms with Gasteiger partial charge in [-0.2, -0.15) is 0 Å². The van der Waals surface area contributed by atoms with Gasteiger partial charge in [0.05, 0.1) is 32.1 Å². The van der Waals surface area contributed by atoms with Crippen LogP contribution >= 0.6 is 0 Å². The maximum atomic E-state index is 12.5. The normalized spacial score (nSPS) is 13.0. The highest BCUT2D eigenvalue weighted by atomic mass is 19.1. The predicted octanol–water partition coefficient (Wildman–Crippen LogP) is 2.90. The second-order valence-electron chi connectivity index (χ2n) is 9.69. The van der Waals surface area contributed by atoms with Crippen molar-refractivity contribution in [2.24, 2.45) is 0 Å². The first-order valence-electron chi connectivity index (χ1n) is 14.8. The number of carboxylic acids is 2. The van der Waals surface area contributed by atoms with Crippen LogP contribution in [0, 0.1) is 0 Å². The van der Waals surface area contributed by atoms with Crippen LogP contribution in [0.2, 0.25) is 0 Å². The largest absolute Gasteiger partial charge is 0.491 e. The van der Waals surface area contributed by atoms with Crippen molar-refractivity contribution in [2.45, 2.75) is 12.8 Å². The van der Waals surface area contributed by atoms with Crippen molar-refractivity contribution in [1.82, 2.24) is 10.2 Å². The second kappa shape index (κ2) is 22.5. The molecule has 1 aliphatic rings. The highest BCUT2D eigenvalue weighted by molar-refractivity contribution is 6.27. The van der Waals surface area contributed by atoms with E-state index in [0.717, 1.165) is 57.0 Å². The van der Waals surface area contributed by atoms with Crippen molar-refractivity contribution < 1.29 is 52.3 Å². The Bertz CT molecular complexity index is 1120. The molecule has 2 aromatic rings. The van der Waals surface area contributed by atoms with Crippen molar-refractivity contribution in [3.8, 4) is 11.5 Å². The summed E-state index contributed by atoms with van der Waals surface area (Å²) >= 11 is 0. The van der Waals surface area contributed by atoms with Crippen molar-refractivity contribution in [3.05, 3.63) is 54.1 Å². The highest BCUT2D eigenvalue weighted by Crippen LogP contribution is 2.28. The second-order valence-corrected chi connectivity index (χ2v) is 9.69. The number of alkyl halides is 2. The predicted molar refractivity (Wildman–Crippen MR) is 163 cm³/mol. The molecule has 0 atom stereocenters. The molecule has 1 fully saturated rings. The fourth-order valence-corrected chi connectivity index (χ4v) is 4.26. The number of amides is 1. The van der Waals surface area contributed by atoms with Crippen molar-refractivity contribution in [3.63, 3.8) is 0 Å². The van der Waals surface area contributed by atoms with Crippen LogP contribution in [0.1, 0.15) is 23.2 Å². The van der Waals surface area contributed by atoms with Gasteiger partial charge in [-0.1, -0.05) is 12.1 Å². The number of nitrogens with one attached hydrogen (secondary N) is 1. The number of nitrogens with zero attached hydrogens (tertiary/aromatic N) is 2. The molecule has 1 saturated heterocycles. The van der Waals surface area contributed by atoms with Gasteiger partial charge in [0.1, 0.15) is 38.1 Å². The van der Waals surface area contributed by atoms with Gasteiger partial charge in [0.15, 0.2) is 0 Å². The lowest BCUT2D eigenvalue weighted by Crippen LogP contribution is -2.46. The van der Waals surface area contributed by atoms with Gasteiger partial charge in [0, 0.05) is 38.3 Å². The summed E-state index contributed by atoms with van der Waals surface area (Å²) in [5.41, 5.74) is 1.62. The number of rotatable bonds is 19. The quantitative estimate of drug-likeness (QED) is 0.154. The number of halogens is 2. The average molecular weight is 640 g/mol. The zero-order valence-corrected chi connectivity index (χ0v) is 25.3. The molecule has 1 aliphatic heterocycles. The van der Waals surface area contributed by atoms with Gasteiger partial charge in [-0.25, -0.2) is 18.4 Å². The number of carboxylic acid groups (broad SMARTS) is 2. The maximum Gasteiger partial charge on any atom is 0.414 e. The van der Waals surface area contributed by atoms with E-state index in [4.69, 9.17) is 38.7 Å².